The summed E-state index contributed by atoms with van der Waals surface area (Å²) >= 11 is 0. The highest BCUT2D eigenvalue weighted by molar-refractivity contribution is 5.99. The zero-order chi connectivity index (χ0) is 12.6. The molecule has 5 nitrogen and oxygen atoms in total. The van der Waals surface area contributed by atoms with E-state index in [2.05, 4.69) is 10.3 Å². The number of aliphatic carboxylic acids is 1. The highest BCUT2D eigenvalue weighted by Crippen LogP contribution is 2.58. The monoisotopic (exact) mass is 234 g/mol. The Morgan fingerprint density at radius 2 is 2.12 bits per heavy atom. The lowest BCUT2D eigenvalue weighted by atomic mass is 10.1. The second-order valence-electron chi connectivity index (χ2n) is 4.85. The molecule has 0 saturated heterocycles. The Balaban J connectivity index is 2.06. The lowest BCUT2D eigenvalue weighted by molar-refractivity contribution is -0.140. The Kier molecular flexibility index (Phi) is 2.61. The number of nitrogens with zero attached hydrogens (tertiary/aromatic N) is 1. The number of nitrogens with one attached hydrogen (secondary N) is 1. The minimum Gasteiger partial charge on any atom is -0.481 e. The van der Waals surface area contributed by atoms with E-state index in [0.29, 0.717) is 5.69 Å². The fourth-order valence-corrected chi connectivity index (χ4v) is 2.24. The van der Waals surface area contributed by atoms with Gasteiger partial charge in [0.2, 0.25) is 5.91 Å². The number of carbonyl (C=O) groups excluding carboxylic acids is 1. The molecule has 17 heavy (non-hydrogen) atoms. The lowest BCUT2D eigenvalue weighted by Gasteiger charge is -2.04. The van der Waals surface area contributed by atoms with Crippen LogP contribution in [0, 0.1) is 17.3 Å². The third kappa shape index (κ3) is 2.00. The van der Waals surface area contributed by atoms with Crippen LogP contribution < -0.4 is 5.32 Å². The molecule has 0 aliphatic heterocycles. The van der Waals surface area contributed by atoms with Crippen molar-refractivity contribution in [1.29, 1.82) is 0 Å². The maximum Gasteiger partial charge on any atom is 0.307 e. The summed E-state index contributed by atoms with van der Waals surface area (Å²) in [6, 6.07) is 3.43. The number of hydrogen-bond donors (Lipinski definition) is 2. The van der Waals surface area contributed by atoms with E-state index < -0.39 is 23.2 Å². The molecule has 2 atom stereocenters. The van der Waals surface area contributed by atoms with E-state index in [1.165, 1.54) is 6.20 Å². The molecule has 0 aromatic carbocycles. The van der Waals surface area contributed by atoms with Crippen molar-refractivity contribution in [3.05, 3.63) is 24.5 Å². The highest BCUT2D eigenvalue weighted by atomic mass is 16.4. The van der Waals surface area contributed by atoms with Crippen LogP contribution in [0.5, 0.6) is 0 Å². The molecule has 90 valence electrons. The van der Waals surface area contributed by atoms with Gasteiger partial charge in [-0.1, -0.05) is 13.8 Å². The van der Waals surface area contributed by atoms with Gasteiger partial charge in [-0.15, -0.1) is 0 Å². The minimum atomic E-state index is -0.915. The first-order valence-corrected chi connectivity index (χ1v) is 5.38. The van der Waals surface area contributed by atoms with Crippen LogP contribution in [0.2, 0.25) is 0 Å². The predicted molar refractivity (Wildman–Crippen MR) is 61.3 cm³/mol. The summed E-state index contributed by atoms with van der Waals surface area (Å²) < 4.78 is 0. The van der Waals surface area contributed by atoms with Gasteiger partial charge in [0.25, 0.3) is 0 Å². The zero-order valence-electron chi connectivity index (χ0n) is 9.68. The van der Waals surface area contributed by atoms with Crippen LogP contribution >= 0.6 is 0 Å². The summed E-state index contributed by atoms with van der Waals surface area (Å²) in [6.07, 6.45) is 3.14. The van der Waals surface area contributed by atoms with E-state index in [4.69, 9.17) is 5.11 Å². The summed E-state index contributed by atoms with van der Waals surface area (Å²) in [5, 5.41) is 11.7. The Morgan fingerprint density at radius 1 is 1.41 bits per heavy atom. The number of carbonyl (C=O) groups is 2. The van der Waals surface area contributed by atoms with Gasteiger partial charge in [-0.05, 0) is 17.5 Å². The van der Waals surface area contributed by atoms with Crippen LogP contribution in [0.3, 0.4) is 0 Å². The molecule has 2 N–H and O–H groups in total. The minimum absolute atomic E-state index is 0.254. The fourth-order valence-electron chi connectivity index (χ4n) is 2.24. The first kappa shape index (κ1) is 11.6. The van der Waals surface area contributed by atoms with E-state index in [1.807, 2.05) is 0 Å². The summed E-state index contributed by atoms with van der Waals surface area (Å²) in [7, 11) is 0. The Hall–Kier alpha value is -1.91. The summed E-state index contributed by atoms with van der Waals surface area (Å²) in [4.78, 5) is 26.7. The number of anilines is 1. The molecular weight excluding hydrogens is 220 g/mol. The number of rotatable bonds is 3. The number of hydrogen-bond acceptors (Lipinski definition) is 3. The van der Waals surface area contributed by atoms with E-state index in [0.717, 1.165) is 0 Å². The van der Waals surface area contributed by atoms with Crippen LogP contribution in [-0.4, -0.2) is 22.0 Å². The number of carboxylic acid groups (broad SMARTS) is 1. The van der Waals surface area contributed by atoms with Crippen molar-refractivity contribution in [1.82, 2.24) is 4.98 Å². The second-order valence-corrected chi connectivity index (χ2v) is 4.85. The van der Waals surface area contributed by atoms with Crippen molar-refractivity contribution in [3.8, 4) is 0 Å². The highest BCUT2D eigenvalue weighted by Gasteiger charge is 2.65. The average Bonchev–Trinajstić information content (AvgIpc) is 2.83. The van der Waals surface area contributed by atoms with E-state index in [1.54, 1.807) is 32.2 Å². The number of amides is 1. The van der Waals surface area contributed by atoms with Crippen LogP contribution in [-0.2, 0) is 9.59 Å². The zero-order valence-corrected chi connectivity index (χ0v) is 9.68. The van der Waals surface area contributed by atoms with Gasteiger partial charge < -0.3 is 10.4 Å². The van der Waals surface area contributed by atoms with Gasteiger partial charge in [0.1, 0.15) is 0 Å². The Bertz CT molecular complexity index is 456. The van der Waals surface area contributed by atoms with Gasteiger partial charge in [-0.3, -0.25) is 14.6 Å². The van der Waals surface area contributed by atoms with Crippen molar-refractivity contribution in [2.24, 2.45) is 17.3 Å². The third-order valence-corrected chi connectivity index (χ3v) is 3.30. The molecule has 0 radical (unpaired) electrons. The number of carboxylic acids is 1. The molecule has 1 heterocycles. The maximum atomic E-state index is 11.9. The van der Waals surface area contributed by atoms with Crippen LogP contribution in [0.4, 0.5) is 5.69 Å². The van der Waals surface area contributed by atoms with Gasteiger partial charge in [-0.25, -0.2) is 0 Å². The van der Waals surface area contributed by atoms with Crippen LogP contribution in [0.15, 0.2) is 24.5 Å². The second kappa shape index (κ2) is 3.84. The summed E-state index contributed by atoms with van der Waals surface area (Å²) in [6.45, 7) is 3.58. The molecule has 1 aromatic heterocycles. The Labute approximate surface area is 98.9 Å². The molecule has 0 spiro atoms. The Morgan fingerprint density at radius 3 is 2.59 bits per heavy atom. The SMILES string of the molecule is CC1(C)[C@@H](C(=O)O)[C@@H]1C(=O)Nc1cccnc1. The third-order valence-electron chi connectivity index (χ3n) is 3.30. The molecule has 0 bridgehead atoms. The largest absolute Gasteiger partial charge is 0.481 e. The molecule has 1 aliphatic carbocycles. The standard InChI is InChI=1S/C12H14N2O3/c1-12(2)8(9(12)11(16)17)10(15)14-7-4-3-5-13-6-7/h3-6,8-9H,1-2H3,(H,14,15)(H,16,17)/t8-,9-/m1/s1. The van der Waals surface area contributed by atoms with Gasteiger partial charge >= 0.3 is 5.97 Å². The molecule has 1 saturated carbocycles. The van der Waals surface area contributed by atoms with Gasteiger partial charge in [0, 0.05) is 6.20 Å². The van der Waals surface area contributed by atoms with E-state index in [-0.39, 0.29) is 5.91 Å². The summed E-state index contributed by atoms with van der Waals surface area (Å²) in [5.41, 5.74) is 0.113. The van der Waals surface area contributed by atoms with E-state index in [9.17, 15) is 9.59 Å². The molecule has 5 heteroatoms. The molecule has 1 aliphatic rings. The maximum absolute atomic E-state index is 11.9. The van der Waals surface area contributed by atoms with Crippen molar-refractivity contribution in [2.45, 2.75) is 13.8 Å². The normalized spacial score (nSPS) is 25.1. The van der Waals surface area contributed by atoms with Crippen molar-refractivity contribution < 1.29 is 14.7 Å². The lowest BCUT2D eigenvalue weighted by Crippen LogP contribution is -2.17. The molecule has 1 amide bonds. The van der Waals surface area contributed by atoms with E-state index >= 15 is 0 Å². The first-order chi connectivity index (χ1) is 7.94. The average molecular weight is 234 g/mol. The van der Waals surface area contributed by atoms with Gasteiger partial charge in [-0.2, -0.15) is 0 Å². The molecule has 1 fully saturated rings. The van der Waals surface area contributed by atoms with Crippen LogP contribution in [0.1, 0.15) is 13.8 Å². The predicted octanol–water partition coefficient (Wildman–Crippen LogP) is 1.38. The van der Waals surface area contributed by atoms with Crippen LogP contribution in [0.25, 0.3) is 0 Å². The molecule has 1 aromatic rings. The molecular formula is C12H14N2O3. The topological polar surface area (TPSA) is 79.3 Å². The smallest absolute Gasteiger partial charge is 0.307 e. The first-order valence-electron chi connectivity index (χ1n) is 5.38. The summed E-state index contributed by atoms with van der Waals surface area (Å²) in [5.74, 6) is -2.24. The molecule has 2 rings (SSSR count). The quantitative estimate of drug-likeness (QED) is 0.828. The number of aromatic nitrogens is 1. The van der Waals surface area contributed by atoms with Crippen molar-refractivity contribution in [3.63, 3.8) is 0 Å². The van der Waals surface area contributed by atoms with Gasteiger partial charge in [0.15, 0.2) is 0 Å². The van der Waals surface area contributed by atoms with Crippen molar-refractivity contribution >= 4 is 17.6 Å². The van der Waals surface area contributed by atoms with Crippen molar-refractivity contribution in [2.75, 3.05) is 5.32 Å². The fraction of sp³-hybridized carbons (Fsp3) is 0.417. The number of pyridine rings is 1. The molecule has 0 unspecified atom stereocenters. The van der Waals surface area contributed by atoms with Gasteiger partial charge in [0.05, 0.1) is 23.7 Å².